The fourth-order valence-corrected chi connectivity index (χ4v) is 1.19. The summed E-state index contributed by atoms with van der Waals surface area (Å²) in [7, 11) is 1.66. The van der Waals surface area contributed by atoms with Gasteiger partial charge in [0.1, 0.15) is 0 Å². The molecule has 5 heteroatoms. The second-order valence-corrected chi connectivity index (χ2v) is 5.14. The maximum absolute atomic E-state index is 6.02. The SMILES string of the molecule is COC(C)Cc1noc([C@H](N)C(C)(C)C)n1. The summed E-state index contributed by atoms with van der Waals surface area (Å²) in [5.41, 5.74) is 5.93. The minimum atomic E-state index is -0.244. The molecule has 0 saturated carbocycles. The molecule has 1 heterocycles. The van der Waals surface area contributed by atoms with Gasteiger partial charge in [-0.1, -0.05) is 25.9 Å². The van der Waals surface area contributed by atoms with Crippen molar-refractivity contribution in [3.63, 3.8) is 0 Å². The van der Waals surface area contributed by atoms with E-state index in [-0.39, 0.29) is 17.6 Å². The smallest absolute Gasteiger partial charge is 0.244 e. The minimum Gasteiger partial charge on any atom is -0.381 e. The molecular formula is C11H21N3O2. The molecule has 0 bridgehead atoms. The van der Waals surface area contributed by atoms with Crippen LogP contribution in [0.4, 0.5) is 0 Å². The van der Waals surface area contributed by atoms with Gasteiger partial charge < -0.3 is 15.0 Å². The van der Waals surface area contributed by atoms with Crippen LogP contribution >= 0.6 is 0 Å². The lowest BCUT2D eigenvalue weighted by Crippen LogP contribution is -2.26. The third kappa shape index (κ3) is 3.28. The van der Waals surface area contributed by atoms with Crippen LogP contribution in [0, 0.1) is 5.41 Å². The lowest BCUT2D eigenvalue weighted by atomic mass is 9.87. The van der Waals surface area contributed by atoms with E-state index in [1.54, 1.807) is 7.11 Å². The van der Waals surface area contributed by atoms with Gasteiger partial charge >= 0.3 is 0 Å². The Balaban J connectivity index is 2.71. The van der Waals surface area contributed by atoms with Gasteiger partial charge in [-0.05, 0) is 12.3 Å². The Morgan fingerprint density at radius 3 is 2.56 bits per heavy atom. The molecule has 0 aliphatic rings. The predicted molar refractivity (Wildman–Crippen MR) is 60.9 cm³/mol. The van der Waals surface area contributed by atoms with E-state index in [9.17, 15) is 0 Å². The number of ether oxygens (including phenoxy) is 1. The molecule has 92 valence electrons. The highest BCUT2D eigenvalue weighted by Crippen LogP contribution is 2.29. The molecular weight excluding hydrogens is 206 g/mol. The highest BCUT2D eigenvalue weighted by molar-refractivity contribution is 4.97. The Bertz CT molecular complexity index is 330. The van der Waals surface area contributed by atoms with E-state index < -0.39 is 0 Å². The van der Waals surface area contributed by atoms with Crippen molar-refractivity contribution < 1.29 is 9.26 Å². The third-order valence-electron chi connectivity index (χ3n) is 2.56. The van der Waals surface area contributed by atoms with Crippen molar-refractivity contribution in [2.45, 2.75) is 46.3 Å². The molecule has 0 fully saturated rings. The maximum atomic E-state index is 6.02. The molecule has 1 aromatic rings. The number of aromatic nitrogens is 2. The number of hydrogen-bond donors (Lipinski definition) is 1. The molecule has 1 unspecified atom stereocenters. The maximum Gasteiger partial charge on any atom is 0.244 e. The van der Waals surface area contributed by atoms with Crippen molar-refractivity contribution in [1.82, 2.24) is 10.1 Å². The lowest BCUT2D eigenvalue weighted by molar-refractivity contribution is 0.116. The summed E-state index contributed by atoms with van der Waals surface area (Å²) in [5.74, 6) is 1.13. The van der Waals surface area contributed by atoms with Crippen LogP contribution < -0.4 is 5.73 Å². The fourth-order valence-electron chi connectivity index (χ4n) is 1.19. The van der Waals surface area contributed by atoms with Gasteiger partial charge in [0.2, 0.25) is 5.89 Å². The van der Waals surface area contributed by atoms with Crippen LogP contribution in [0.5, 0.6) is 0 Å². The number of rotatable bonds is 4. The van der Waals surface area contributed by atoms with Crippen LogP contribution in [0.2, 0.25) is 0 Å². The Kier molecular flexibility index (Phi) is 4.04. The zero-order valence-electron chi connectivity index (χ0n) is 10.7. The van der Waals surface area contributed by atoms with Gasteiger partial charge in [-0.25, -0.2) is 0 Å². The summed E-state index contributed by atoms with van der Waals surface area (Å²) in [4.78, 5) is 4.28. The number of hydrogen-bond acceptors (Lipinski definition) is 5. The zero-order valence-corrected chi connectivity index (χ0v) is 10.7. The molecule has 1 aromatic heterocycles. The van der Waals surface area contributed by atoms with E-state index in [0.717, 1.165) is 0 Å². The second kappa shape index (κ2) is 4.93. The van der Waals surface area contributed by atoms with Crippen LogP contribution in [0.3, 0.4) is 0 Å². The van der Waals surface area contributed by atoms with Gasteiger partial charge in [0.25, 0.3) is 0 Å². The first kappa shape index (κ1) is 13.1. The van der Waals surface area contributed by atoms with E-state index in [2.05, 4.69) is 10.1 Å². The van der Waals surface area contributed by atoms with Crippen LogP contribution in [0.1, 0.15) is 45.5 Å². The Morgan fingerprint density at radius 1 is 1.44 bits per heavy atom. The van der Waals surface area contributed by atoms with Crippen molar-refractivity contribution in [2.75, 3.05) is 7.11 Å². The molecule has 0 radical (unpaired) electrons. The van der Waals surface area contributed by atoms with Gasteiger partial charge in [-0.3, -0.25) is 0 Å². The van der Waals surface area contributed by atoms with Crippen molar-refractivity contribution in [2.24, 2.45) is 11.1 Å². The van der Waals surface area contributed by atoms with E-state index in [0.29, 0.717) is 18.1 Å². The van der Waals surface area contributed by atoms with Crippen LogP contribution in [-0.4, -0.2) is 23.4 Å². The molecule has 0 spiro atoms. The topological polar surface area (TPSA) is 74.2 Å². The van der Waals surface area contributed by atoms with Gasteiger partial charge in [0.05, 0.1) is 12.1 Å². The minimum absolute atomic E-state index is 0.0799. The molecule has 0 saturated heterocycles. The molecule has 2 atom stereocenters. The summed E-state index contributed by atoms with van der Waals surface area (Å²) in [5, 5.41) is 3.89. The van der Waals surface area contributed by atoms with Gasteiger partial charge in [-0.2, -0.15) is 4.98 Å². The molecule has 2 N–H and O–H groups in total. The van der Waals surface area contributed by atoms with E-state index >= 15 is 0 Å². The molecule has 16 heavy (non-hydrogen) atoms. The van der Waals surface area contributed by atoms with Crippen molar-refractivity contribution in [1.29, 1.82) is 0 Å². The fraction of sp³-hybridized carbons (Fsp3) is 0.818. The molecule has 0 aromatic carbocycles. The molecule has 1 rings (SSSR count). The molecule has 0 amide bonds. The average molecular weight is 227 g/mol. The van der Waals surface area contributed by atoms with E-state index in [4.69, 9.17) is 15.0 Å². The van der Waals surface area contributed by atoms with Gasteiger partial charge in [-0.15, -0.1) is 0 Å². The first-order valence-electron chi connectivity index (χ1n) is 5.45. The quantitative estimate of drug-likeness (QED) is 0.847. The first-order valence-corrected chi connectivity index (χ1v) is 5.45. The first-order chi connectivity index (χ1) is 7.34. The largest absolute Gasteiger partial charge is 0.381 e. The van der Waals surface area contributed by atoms with Gasteiger partial charge in [0, 0.05) is 13.5 Å². The summed E-state index contributed by atoms with van der Waals surface area (Å²) >= 11 is 0. The molecule has 5 nitrogen and oxygen atoms in total. The number of nitrogens with zero attached hydrogens (tertiary/aromatic N) is 2. The number of nitrogens with two attached hydrogens (primary N) is 1. The Morgan fingerprint density at radius 2 is 2.06 bits per heavy atom. The monoisotopic (exact) mass is 227 g/mol. The Labute approximate surface area is 96.4 Å². The Hall–Kier alpha value is -0.940. The lowest BCUT2D eigenvalue weighted by Gasteiger charge is -2.23. The summed E-state index contributed by atoms with van der Waals surface area (Å²) < 4.78 is 10.3. The zero-order chi connectivity index (χ0) is 12.3. The summed E-state index contributed by atoms with van der Waals surface area (Å²) in [6.45, 7) is 8.08. The number of methoxy groups -OCH3 is 1. The van der Waals surface area contributed by atoms with E-state index in [1.165, 1.54) is 0 Å². The van der Waals surface area contributed by atoms with Crippen LogP contribution in [0.15, 0.2) is 4.52 Å². The standard InChI is InChI=1S/C11H21N3O2/c1-7(15-5)6-8-13-10(16-14-8)9(12)11(2,3)4/h7,9H,6,12H2,1-5H3/t7?,9-/m0/s1. The van der Waals surface area contributed by atoms with Crippen LogP contribution in [-0.2, 0) is 11.2 Å². The normalized spacial score (nSPS) is 16.1. The van der Waals surface area contributed by atoms with Crippen molar-refractivity contribution in [3.05, 3.63) is 11.7 Å². The van der Waals surface area contributed by atoms with E-state index in [1.807, 2.05) is 27.7 Å². The van der Waals surface area contributed by atoms with Gasteiger partial charge in [0.15, 0.2) is 5.82 Å². The van der Waals surface area contributed by atoms with Crippen molar-refractivity contribution >= 4 is 0 Å². The predicted octanol–water partition coefficient (Wildman–Crippen LogP) is 1.69. The highest BCUT2D eigenvalue weighted by Gasteiger charge is 2.27. The molecule has 0 aliphatic heterocycles. The second-order valence-electron chi connectivity index (χ2n) is 5.14. The highest BCUT2D eigenvalue weighted by atomic mass is 16.5. The molecule has 0 aliphatic carbocycles. The summed E-state index contributed by atoms with van der Waals surface area (Å²) in [6.07, 6.45) is 0.716. The summed E-state index contributed by atoms with van der Waals surface area (Å²) in [6, 6.07) is -0.244. The van der Waals surface area contributed by atoms with Crippen LogP contribution in [0.25, 0.3) is 0 Å². The third-order valence-corrected chi connectivity index (χ3v) is 2.56. The van der Waals surface area contributed by atoms with Crippen molar-refractivity contribution in [3.8, 4) is 0 Å². The average Bonchev–Trinajstić information content (AvgIpc) is 2.63.